The van der Waals surface area contributed by atoms with Gasteiger partial charge in [-0.1, -0.05) is 85.8 Å². The van der Waals surface area contributed by atoms with Gasteiger partial charge < -0.3 is 15.0 Å². The second kappa shape index (κ2) is 12.3. The minimum atomic E-state index is -0.647. The molecule has 0 aliphatic rings. The zero-order valence-corrected chi connectivity index (χ0v) is 22.7. The van der Waals surface area contributed by atoms with Gasteiger partial charge in [0.25, 0.3) is 11.8 Å². The second-order valence-electron chi connectivity index (χ2n) is 9.52. The molecule has 0 saturated heterocycles. The molecule has 1 N–H and O–H groups in total. The summed E-state index contributed by atoms with van der Waals surface area (Å²) in [5.74, 6) is 0.306. The highest BCUT2D eigenvalue weighted by Crippen LogP contribution is 2.28. The Balaban J connectivity index is 1.24. The second-order valence-corrected chi connectivity index (χ2v) is 9.52. The summed E-state index contributed by atoms with van der Waals surface area (Å²) in [6, 6.07) is 38.9. The van der Waals surface area contributed by atoms with Crippen LogP contribution in [0, 0.1) is 0 Å². The van der Waals surface area contributed by atoms with Crippen molar-refractivity contribution in [2.45, 2.75) is 26.4 Å². The van der Waals surface area contributed by atoms with Crippen molar-refractivity contribution in [2.24, 2.45) is 0 Å². The highest BCUT2D eigenvalue weighted by atomic mass is 16.5. The number of carbonyl (C=O) groups is 2. The van der Waals surface area contributed by atoms with Gasteiger partial charge in [0.05, 0.1) is 5.69 Å². The first-order chi connectivity index (χ1) is 19.6. The van der Waals surface area contributed by atoms with Crippen LogP contribution in [0.4, 0.5) is 11.4 Å². The van der Waals surface area contributed by atoms with E-state index in [-0.39, 0.29) is 11.8 Å². The molecule has 0 heterocycles. The molecular formula is C35H32N2O3. The van der Waals surface area contributed by atoms with Gasteiger partial charge >= 0.3 is 0 Å². The smallest absolute Gasteiger partial charge is 0.265 e. The Morgan fingerprint density at radius 3 is 2.08 bits per heavy atom. The Bertz CT molecular complexity index is 1590. The van der Waals surface area contributed by atoms with Crippen LogP contribution >= 0.6 is 0 Å². The quantitative estimate of drug-likeness (QED) is 0.211. The van der Waals surface area contributed by atoms with E-state index in [1.807, 2.05) is 98.8 Å². The van der Waals surface area contributed by atoms with Crippen molar-refractivity contribution in [3.8, 4) is 16.9 Å². The van der Waals surface area contributed by atoms with E-state index < -0.39 is 6.10 Å². The molecule has 5 nitrogen and oxygen atoms in total. The Kier molecular flexibility index (Phi) is 8.21. The monoisotopic (exact) mass is 528 g/mol. The van der Waals surface area contributed by atoms with E-state index in [0.29, 0.717) is 30.0 Å². The van der Waals surface area contributed by atoms with Crippen LogP contribution in [0.15, 0.2) is 121 Å². The molecule has 2 amide bonds. The van der Waals surface area contributed by atoms with Crippen LogP contribution in [0.1, 0.15) is 30.6 Å². The molecule has 0 spiro atoms. The molecule has 5 aromatic rings. The molecule has 1 unspecified atom stereocenters. The van der Waals surface area contributed by atoms with Crippen LogP contribution < -0.4 is 15.0 Å². The zero-order valence-electron chi connectivity index (χ0n) is 22.7. The lowest BCUT2D eigenvalue weighted by molar-refractivity contribution is -0.122. The van der Waals surface area contributed by atoms with E-state index in [1.165, 1.54) is 0 Å². The number of ether oxygens (including phenoxy) is 1. The summed E-state index contributed by atoms with van der Waals surface area (Å²) in [6.07, 6.45) is -0.134. The Morgan fingerprint density at radius 1 is 0.725 bits per heavy atom. The summed E-state index contributed by atoms with van der Waals surface area (Å²) in [4.78, 5) is 28.2. The predicted octanol–water partition coefficient (Wildman–Crippen LogP) is 7.97. The van der Waals surface area contributed by atoms with Gasteiger partial charge in [0, 0.05) is 23.2 Å². The highest BCUT2D eigenvalue weighted by Gasteiger charge is 2.20. The molecule has 40 heavy (non-hydrogen) atoms. The third-order valence-corrected chi connectivity index (χ3v) is 6.92. The first-order valence-electron chi connectivity index (χ1n) is 13.6. The zero-order chi connectivity index (χ0) is 27.9. The molecule has 5 heteroatoms. The lowest BCUT2D eigenvalue weighted by Gasteiger charge is -2.23. The van der Waals surface area contributed by atoms with Crippen LogP contribution in [0.2, 0.25) is 0 Å². The number of carbonyl (C=O) groups excluding carboxylic acids is 2. The fourth-order valence-corrected chi connectivity index (χ4v) is 4.78. The Hall–Kier alpha value is -4.90. The highest BCUT2D eigenvalue weighted by molar-refractivity contribution is 6.11. The first kappa shape index (κ1) is 26.7. The third kappa shape index (κ3) is 5.89. The first-order valence-corrected chi connectivity index (χ1v) is 13.6. The summed E-state index contributed by atoms with van der Waals surface area (Å²) in [5.41, 5.74) is 4.25. The van der Waals surface area contributed by atoms with Crippen LogP contribution in [0.5, 0.6) is 5.75 Å². The number of nitrogens with one attached hydrogen (secondary N) is 1. The summed E-state index contributed by atoms with van der Waals surface area (Å²) in [5, 5.41) is 5.05. The van der Waals surface area contributed by atoms with Crippen LogP contribution in [0.25, 0.3) is 21.9 Å². The average Bonchev–Trinajstić information content (AvgIpc) is 3.01. The normalized spacial score (nSPS) is 11.6. The lowest BCUT2D eigenvalue weighted by Crippen LogP contribution is -2.32. The van der Waals surface area contributed by atoms with Gasteiger partial charge in [-0.15, -0.1) is 0 Å². The molecule has 5 aromatic carbocycles. The number of fused-ring (bicyclic) bond motifs is 1. The van der Waals surface area contributed by atoms with Crippen molar-refractivity contribution in [1.29, 1.82) is 0 Å². The molecule has 0 radical (unpaired) electrons. The molecule has 0 saturated carbocycles. The number of nitrogens with zero attached hydrogens (tertiary/aromatic N) is 1. The topological polar surface area (TPSA) is 58.6 Å². The Morgan fingerprint density at radius 2 is 1.38 bits per heavy atom. The van der Waals surface area contributed by atoms with Crippen LogP contribution in [-0.2, 0) is 4.79 Å². The van der Waals surface area contributed by atoms with E-state index >= 15 is 0 Å². The molecule has 0 aliphatic carbocycles. The molecule has 0 aliphatic heterocycles. The Labute approximate surface area is 235 Å². The van der Waals surface area contributed by atoms with Crippen LogP contribution in [0.3, 0.4) is 0 Å². The molecule has 200 valence electrons. The van der Waals surface area contributed by atoms with E-state index in [0.717, 1.165) is 27.6 Å². The van der Waals surface area contributed by atoms with Gasteiger partial charge in [0.1, 0.15) is 5.75 Å². The minimum absolute atomic E-state index is 0.0922. The SMILES string of the molecule is CCC(Oc1ccc(-c2ccccc2)cc1)C(=O)Nc1ccc(C(=O)N(CC)c2cccc3ccccc23)cc1. The predicted molar refractivity (Wildman–Crippen MR) is 163 cm³/mol. The van der Waals surface area contributed by atoms with Gasteiger partial charge in [-0.05, 0) is 72.3 Å². The van der Waals surface area contributed by atoms with Gasteiger partial charge in [-0.3, -0.25) is 9.59 Å². The van der Waals surface area contributed by atoms with Gasteiger partial charge in [-0.25, -0.2) is 0 Å². The van der Waals surface area contributed by atoms with E-state index in [2.05, 4.69) is 17.4 Å². The molecule has 1 atom stereocenters. The molecule has 0 fully saturated rings. The van der Waals surface area contributed by atoms with Gasteiger partial charge in [0.2, 0.25) is 0 Å². The van der Waals surface area contributed by atoms with E-state index in [4.69, 9.17) is 4.74 Å². The molecule has 0 aromatic heterocycles. The fourth-order valence-electron chi connectivity index (χ4n) is 4.78. The number of hydrogen-bond donors (Lipinski definition) is 1. The standard InChI is InChI=1S/C35H32N2O3/c1-3-33(40-30-23-19-26(20-24-30)25-11-6-5-7-12-25)34(38)36-29-21-17-28(18-22-29)35(39)37(4-2)32-16-10-14-27-13-8-9-15-31(27)32/h5-24,33H,3-4H2,1-2H3,(H,36,38). The van der Waals surface area contributed by atoms with Crippen molar-refractivity contribution in [3.63, 3.8) is 0 Å². The maximum Gasteiger partial charge on any atom is 0.265 e. The number of rotatable bonds is 9. The average molecular weight is 529 g/mol. The van der Waals surface area contributed by atoms with Crippen molar-refractivity contribution in [2.75, 3.05) is 16.8 Å². The minimum Gasteiger partial charge on any atom is -0.481 e. The third-order valence-electron chi connectivity index (χ3n) is 6.92. The largest absolute Gasteiger partial charge is 0.481 e. The maximum atomic E-state index is 13.4. The van der Waals surface area contributed by atoms with Crippen molar-refractivity contribution >= 4 is 34.0 Å². The van der Waals surface area contributed by atoms with Gasteiger partial charge in [0.15, 0.2) is 6.10 Å². The number of benzene rings is 5. The molecular weight excluding hydrogens is 496 g/mol. The summed E-state index contributed by atoms with van der Waals surface area (Å²) >= 11 is 0. The van der Waals surface area contributed by atoms with Crippen molar-refractivity contribution in [3.05, 3.63) is 127 Å². The maximum absolute atomic E-state index is 13.4. The van der Waals surface area contributed by atoms with Crippen molar-refractivity contribution < 1.29 is 14.3 Å². The molecule has 5 rings (SSSR count). The van der Waals surface area contributed by atoms with Gasteiger partial charge in [-0.2, -0.15) is 0 Å². The van der Waals surface area contributed by atoms with Crippen molar-refractivity contribution in [1.82, 2.24) is 0 Å². The number of anilines is 2. The van der Waals surface area contributed by atoms with E-state index in [1.54, 1.807) is 29.2 Å². The summed E-state index contributed by atoms with van der Waals surface area (Å²) in [6.45, 7) is 4.42. The van der Waals surface area contributed by atoms with Crippen LogP contribution in [-0.4, -0.2) is 24.5 Å². The molecule has 0 bridgehead atoms. The summed E-state index contributed by atoms with van der Waals surface area (Å²) < 4.78 is 6.01. The lowest BCUT2D eigenvalue weighted by atomic mass is 10.1. The fraction of sp³-hybridized carbons (Fsp3) is 0.143. The number of amides is 2. The summed E-state index contributed by atoms with van der Waals surface area (Å²) in [7, 11) is 0. The van der Waals surface area contributed by atoms with E-state index in [9.17, 15) is 9.59 Å². The number of hydrogen-bond acceptors (Lipinski definition) is 3.